The van der Waals surface area contributed by atoms with Crippen molar-refractivity contribution in [2.45, 2.75) is 25.9 Å². The molecule has 0 aliphatic heterocycles. The minimum atomic E-state index is -0.329. The minimum absolute atomic E-state index is 0.329. The van der Waals surface area contributed by atoms with Crippen LogP contribution in [0.5, 0.6) is 0 Å². The van der Waals surface area contributed by atoms with Crippen molar-refractivity contribution in [3.8, 4) is 0 Å². The van der Waals surface area contributed by atoms with Crippen LogP contribution in [0.2, 0.25) is 0 Å². The zero-order valence-corrected chi connectivity index (χ0v) is 7.49. The average molecular weight is 166 g/mol. The number of aliphatic hydroxyl groups excluding tert-OH is 1. The first kappa shape index (κ1) is 7.80. The third-order valence-electron chi connectivity index (χ3n) is 2.50. The van der Waals surface area contributed by atoms with Crippen molar-refractivity contribution in [3.05, 3.63) is 17.5 Å². The Morgan fingerprint density at radius 3 is 2.75 bits per heavy atom. The van der Waals surface area contributed by atoms with Gasteiger partial charge in [-0.1, -0.05) is 0 Å². The molecule has 2 rings (SSSR count). The van der Waals surface area contributed by atoms with E-state index in [0.29, 0.717) is 5.92 Å². The molecule has 1 aromatic rings. The van der Waals surface area contributed by atoms with E-state index in [4.69, 9.17) is 0 Å². The van der Waals surface area contributed by atoms with Crippen molar-refractivity contribution in [2.24, 2.45) is 13.0 Å². The van der Waals surface area contributed by atoms with Crippen LogP contribution in [0, 0.1) is 12.8 Å². The summed E-state index contributed by atoms with van der Waals surface area (Å²) in [5, 5.41) is 14.0. The Labute approximate surface area is 72.0 Å². The maximum atomic E-state index is 9.72. The van der Waals surface area contributed by atoms with E-state index in [-0.39, 0.29) is 6.10 Å². The molecule has 1 heterocycles. The van der Waals surface area contributed by atoms with Gasteiger partial charge >= 0.3 is 0 Å². The number of rotatable bonds is 2. The largest absolute Gasteiger partial charge is 0.386 e. The van der Waals surface area contributed by atoms with Crippen LogP contribution in [0.4, 0.5) is 0 Å². The summed E-state index contributed by atoms with van der Waals surface area (Å²) in [6.07, 6.45) is 1.97. The van der Waals surface area contributed by atoms with Crippen molar-refractivity contribution in [3.63, 3.8) is 0 Å². The van der Waals surface area contributed by atoms with Crippen molar-refractivity contribution < 1.29 is 5.11 Å². The molecular weight excluding hydrogens is 152 g/mol. The fraction of sp³-hybridized carbons (Fsp3) is 0.667. The van der Waals surface area contributed by atoms with Gasteiger partial charge in [-0.2, -0.15) is 5.10 Å². The predicted octanol–water partition coefficient (Wildman–Crippen LogP) is 1.17. The van der Waals surface area contributed by atoms with Crippen molar-refractivity contribution in [2.75, 3.05) is 0 Å². The quantitative estimate of drug-likeness (QED) is 0.716. The second-order valence-corrected chi connectivity index (χ2v) is 3.62. The van der Waals surface area contributed by atoms with Gasteiger partial charge in [0.25, 0.3) is 0 Å². The molecule has 0 bridgehead atoms. The lowest BCUT2D eigenvalue weighted by Gasteiger charge is -2.03. The zero-order chi connectivity index (χ0) is 8.72. The van der Waals surface area contributed by atoms with Gasteiger partial charge in [0.1, 0.15) is 6.10 Å². The van der Waals surface area contributed by atoms with Crippen LogP contribution in [-0.2, 0) is 7.05 Å². The summed E-state index contributed by atoms with van der Waals surface area (Å²) in [5.41, 5.74) is 1.93. The van der Waals surface area contributed by atoms with Crippen LogP contribution in [0.25, 0.3) is 0 Å². The Bertz CT molecular complexity index is 269. The number of aryl methyl sites for hydroxylation is 2. The highest BCUT2D eigenvalue weighted by Crippen LogP contribution is 2.40. The second kappa shape index (κ2) is 2.59. The summed E-state index contributed by atoms with van der Waals surface area (Å²) < 4.78 is 1.81. The van der Waals surface area contributed by atoms with Crippen LogP contribution < -0.4 is 0 Å². The predicted molar refractivity (Wildman–Crippen MR) is 45.6 cm³/mol. The highest BCUT2D eigenvalue weighted by molar-refractivity contribution is 5.13. The normalized spacial score (nSPS) is 19.6. The molecule has 66 valence electrons. The summed E-state index contributed by atoms with van der Waals surface area (Å²) >= 11 is 0. The lowest BCUT2D eigenvalue weighted by Crippen LogP contribution is -2.01. The Morgan fingerprint density at radius 2 is 2.33 bits per heavy atom. The van der Waals surface area contributed by atoms with Crippen LogP contribution in [0.3, 0.4) is 0 Å². The highest BCUT2D eigenvalue weighted by Gasteiger charge is 2.32. The Kier molecular flexibility index (Phi) is 1.68. The molecule has 1 saturated carbocycles. The van der Waals surface area contributed by atoms with E-state index < -0.39 is 0 Å². The number of aliphatic hydroxyl groups is 1. The standard InChI is InChI=1S/C9H14N2O/c1-6-5-8(10-11(6)2)9(12)7-3-4-7/h5,7,9,12H,3-4H2,1-2H3. The number of aromatic nitrogens is 2. The summed E-state index contributed by atoms with van der Waals surface area (Å²) in [6.45, 7) is 2.00. The molecule has 1 atom stereocenters. The molecule has 12 heavy (non-hydrogen) atoms. The fourth-order valence-electron chi connectivity index (χ4n) is 1.39. The number of hydrogen-bond acceptors (Lipinski definition) is 2. The molecule has 1 unspecified atom stereocenters. The van der Waals surface area contributed by atoms with Crippen LogP contribution in [0.15, 0.2) is 6.07 Å². The molecule has 1 aromatic heterocycles. The van der Waals surface area contributed by atoms with Gasteiger partial charge in [-0.3, -0.25) is 4.68 Å². The molecule has 0 amide bonds. The minimum Gasteiger partial charge on any atom is -0.386 e. The lowest BCUT2D eigenvalue weighted by molar-refractivity contribution is 0.148. The van der Waals surface area contributed by atoms with E-state index in [9.17, 15) is 5.11 Å². The molecule has 0 aromatic carbocycles. The van der Waals surface area contributed by atoms with E-state index in [0.717, 1.165) is 24.2 Å². The summed E-state index contributed by atoms with van der Waals surface area (Å²) in [6, 6.07) is 1.96. The van der Waals surface area contributed by atoms with E-state index in [1.54, 1.807) is 4.68 Å². The van der Waals surface area contributed by atoms with Crippen molar-refractivity contribution in [1.82, 2.24) is 9.78 Å². The monoisotopic (exact) mass is 166 g/mol. The molecule has 1 aliphatic carbocycles. The molecule has 0 spiro atoms. The van der Waals surface area contributed by atoms with E-state index in [1.807, 2.05) is 20.0 Å². The van der Waals surface area contributed by atoms with Crippen LogP contribution >= 0.6 is 0 Å². The van der Waals surface area contributed by atoms with Gasteiger partial charge < -0.3 is 5.11 Å². The first-order valence-corrected chi connectivity index (χ1v) is 4.37. The Hall–Kier alpha value is -0.830. The summed E-state index contributed by atoms with van der Waals surface area (Å²) in [5.74, 6) is 0.472. The van der Waals surface area contributed by atoms with Gasteiger partial charge in [-0.05, 0) is 31.7 Å². The molecule has 1 N–H and O–H groups in total. The van der Waals surface area contributed by atoms with Gasteiger partial charge in [0.2, 0.25) is 0 Å². The number of hydrogen-bond donors (Lipinski definition) is 1. The maximum Gasteiger partial charge on any atom is 0.101 e. The first-order valence-electron chi connectivity index (χ1n) is 4.37. The average Bonchev–Trinajstić information content (AvgIpc) is 2.80. The van der Waals surface area contributed by atoms with Crippen LogP contribution in [-0.4, -0.2) is 14.9 Å². The van der Waals surface area contributed by atoms with E-state index in [1.165, 1.54) is 0 Å². The summed E-state index contributed by atoms with van der Waals surface area (Å²) in [4.78, 5) is 0. The maximum absolute atomic E-state index is 9.72. The molecule has 3 nitrogen and oxygen atoms in total. The molecular formula is C9H14N2O. The van der Waals surface area contributed by atoms with Gasteiger partial charge in [-0.25, -0.2) is 0 Å². The van der Waals surface area contributed by atoms with E-state index in [2.05, 4.69) is 5.10 Å². The molecule has 1 aliphatic rings. The zero-order valence-electron chi connectivity index (χ0n) is 7.49. The molecule has 0 radical (unpaired) electrons. The van der Waals surface area contributed by atoms with Crippen LogP contribution in [0.1, 0.15) is 30.3 Å². The van der Waals surface area contributed by atoms with E-state index >= 15 is 0 Å². The topological polar surface area (TPSA) is 38.1 Å². The Balaban J connectivity index is 2.21. The molecule has 1 fully saturated rings. The van der Waals surface area contributed by atoms with Gasteiger partial charge in [-0.15, -0.1) is 0 Å². The highest BCUT2D eigenvalue weighted by atomic mass is 16.3. The summed E-state index contributed by atoms with van der Waals surface area (Å²) in [7, 11) is 1.90. The third-order valence-corrected chi connectivity index (χ3v) is 2.50. The first-order chi connectivity index (χ1) is 5.68. The Morgan fingerprint density at radius 1 is 1.67 bits per heavy atom. The third kappa shape index (κ3) is 1.25. The smallest absolute Gasteiger partial charge is 0.101 e. The lowest BCUT2D eigenvalue weighted by atomic mass is 10.1. The van der Waals surface area contributed by atoms with Gasteiger partial charge in [0.05, 0.1) is 5.69 Å². The van der Waals surface area contributed by atoms with Gasteiger partial charge in [0, 0.05) is 12.7 Å². The second-order valence-electron chi connectivity index (χ2n) is 3.62. The van der Waals surface area contributed by atoms with Crippen molar-refractivity contribution >= 4 is 0 Å². The SMILES string of the molecule is Cc1cc(C(O)C2CC2)nn1C. The molecule has 3 heteroatoms. The fourth-order valence-corrected chi connectivity index (χ4v) is 1.39. The van der Waals surface area contributed by atoms with Gasteiger partial charge in [0.15, 0.2) is 0 Å². The molecule has 0 saturated heterocycles. The van der Waals surface area contributed by atoms with Crippen molar-refractivity contribution in [1.29, 1.82) is 0 Å². The number of nitrogens with zero attached hydrogens (tertiary/aromatic N) is 2.